The van der Waals surface area contributed by atoms with E-state index in [1.165, 1.54) is 75.1 Å². The van der Waals surface area contributed by atoms with Gasteiger partial charge in [-0.25, -0.2) is 0 Å². The standard InChI is InChI=1S/C19H32BrN.ClH/c20-16-12-7-5-3-1-2-4-6-8-13-17-21-18-19-14-10-9-11-15-19;/h9-11,14-15,21H,1-8,12-13,16-18H2;1H. The summed E-state index contributed by atoms with van der Waals surface area (Å²) >= 11 is 3.49. The van der Waals surface area contributed by atoms with Crippen molar-refractivity contribution in [2.24, 2.45) is 0 Å². The molecule has 0 aliphatic rings. The summed E-state index contributed by atoms with van der Waals surface area (Å²) in [7, 11) is 0. The van der Waals surface area contributed by atoms with Crippen molar-refractivity contribution in [1.29, 1.82) is 0 Å². The maximum absolute atomic E-state index is 3.53. The van der Waals surface area contributed by atoms with Crippen LogP contribution in [0.1, 0.15) is 69.8 Å². The summed E-state index contributed by atoms with van der Waals surface area (Å²) in [4.78, 5) is 0. The number of benzene rings is 1. The van der Waals surface area contributed by atoms with Crippen LogP contribution in [0.25, 0.3) is 0 Å². The van der Waals surface area contributed by atoms with Gasteiger partial charge >= 0.3 is 0 Å². The molecule has 128 valence electrons. The minimum atomic E-state index is 0. The summed E-state index contributed by atoms with van der Waals surface area (Å²) in [5, 5.41) is 4.70. The Hall–Kier alpha value is -0.0500. The number of nitrogens with one attached hydrogen (secondary N) is 1. The molecule has 0 spiro atoms. The minimum absolute atomic E-state index is 0. The fourth-order valence-corrected chi connectivity index (χ4v) is 2.98. The molecule has 0 heterocycles. The van der Waals surface area contributed by atoms with Crippen molar-refractivity contribution in [1.82, 2.24) is 5.32 Å². The van der Waals surface area contributed by atoms with E-state index in [-0.39, 0.29) is 12.4 Å². The van der Waals surface area contributed by atoms with Crippen LogP contribution < -0.4 is 5.32 Å². The summed E-state index contributed by atoms with van der Waals surface area (Å²) < 4.78 is 0. The third-order valence-corrected chi connectivity index (χ3v) is 4.47. The molecule has 0 amide bonds. The van der Waals surface area contributed by atoms with Crippen molar-refractivity contribution in [2.75, 3.05) is 11.9 Å². The summed E-state index contributed by atoms with van der Waals surface area (Å²) in [5.41, 5.74) is 1.39. The number of unbranched alkanes of at least 4 members (excludes halogenated alkanes) is 9. The second-order valence-electron chi connectivity index (χ2n) is 5.89. The van der Waals surface area contributed by atoms with E-state index in [9.17, 15) is 0 Å². The molecular formula is C19H33BrClN. The van der Waals surface area contributed by atoms with Gasteiger partial charge in [-0.3, -0.25) is 0 Å². The highest BCUT2D eigenvalue weighted by molar-refractivity contribution is 9.09. The molecule has 0 saturated carbocycles. The first kappa shape index (κ1) is 21.9. The van der Waals surface area contributed by atoms with E-state index in [0.29, 0.717) is 0 Å². The maximum Gasteiger partial charge on any atom is 0.0205 e. The van der Waals surface area contributed by atoms with Gasteiger partial charge in [-0.15, -0.1) is 12.4 Å². The van der Waals surface area contributed by atoms with Crippen LogP contribution in [0.15, 0.2) is 30.3 Å². The fraction of sp³-hybridized carbons (Fsp3) is 0.684. The zero-order valence-corrected chi connectivity index (χ0v) is 16.3. The second kappa shape index (κ2) is 17.3. The van der Waals surface area contributed by atoms with Gasteiger partial charge in [-0.2, -0.15) is 0 Å². The van der Waals surface area contributed by atoms with Crippen molar-refractivity contribution in [2.45, 2.75) is 70.8 Å². The molecule has 1 nitrogen and oxygen atoms in total. The Bertz CT molecular complexity index is 318. The molecule has 1 N–H and O–H groups in total. The van der Waals surface area contributed by atoms with Gasteiger partial charge in [0, 0.05) is 11.9 Å². The summed E-state index contributed by atoms with van der Waals surface area (Å²) in [6, 6.07) is 10.7. The van der Waals surface area contributed by atoms with Gasteiger partial charge < -0.3 is 5.32 Å². The molecule has 1 rings (SSSR count). The first-order valence-electron chi connectivity index (χ1n) is 8.74. The Kier molecular flexibility index (Phi) is 17.3. The third kappa shape index (κ3) is 13.6. The van der Waals surface area contributed by atoms with E-state index in [1.54, 1.807) is 0 Å². The van der Waals surface area contributed by atoms with Crippen LogP contribution in [0.2, 0.25) is 0 Å². The Labute approximate surface area is 152 Å². The summed E-state index contributed by atoms with van der Waals surface area (Å²) in [6.45, 7) is 2.16. The van der Waals surface area contributed by atoms with E-state index in [0.717, 1.165) is 13.1 Å². The monoisotopic (exact) mass is 389 g/mol. The van der Waals surface area contributed by atoms with Crippen LogP contribution >= 0.6 is 28.3 Å². The normalized spacial score (nSPS) is 10.4. The predicted molar refractivity (Wildman–Crippen MR) is 105 cm³/mol. The summed E-state index contributed by atoms with van der Waals surface area (Å²) in [5.74, 6) is 0. The van der Waals surface area contributed by atoms with Crippen molar-refractivity contribution in [3.63, 3.8) is 0 Å². The molecule has 0 unspecified atom stereocenters. The number of alkyl halides is 1. The lowest BCUT2D eigenvalue weighted by Crippen LogP contribution is -2.14. The van der Waals surface area contributed by atoms with E-state index in [4.69, 9.17) is 0 Å². The van der Waals surface area contributed by atoms with Gasteiger partial charge in [0.25, 0.3) is 0 Å². The first-order valence-corrected chi connectivity index (χ1v) is 9.86. The number of rotatable bonds is 14. The van der Waals surface area contributed by atoms with Crippen molar-refractivity contribution in [3.05, 3.63) is 35.9 Å². The Morgan fingerprint density at radius 2 is 1.18 bits per heavy atom. The molecule has 1 aromatic rings. The smallest absolute Gasteiger partial charge is 0.0205 e. The minimum Gasteiger partial charge on any atom is -0.313 e. The van der Waals surface area contributed by atoms with Gasteiger partial charge in [0.05, 0.1) is 0 Å². The van der Waals surface area contributed by atoms with E-state index in [1.807, 2.05) is 0 Å². The van der Waals surface area contributed by atoms with E-state index >= 15 is 0 Å². The lowest BCUT2D eigenvalue weighted by molar-refractivity contribution is 0.544. The predicted octanol–water partition coefficient (Wildman–Crippen LogP) is 6.49. The summed E-state index contributed by atoms with van der Waals surface area (Å²) in [6.07, 6.45) is 14.0. The molecular weight excluding hydrogens is 358 g/mol. The molecule has 0 aliphatic carbocycles. The van der Waals surface area contributed by atoms with Gasteiger partial charge in [-0.1, -0.05) is 97.6 Å². The lowest BCUT2D eigenvalue weighted by Gasteiger charge is -2.05. The average molecular weight is 391 g/mol. The third-order valence-electron chi connectivity index (χ3n) is 3.91. The van der Waals surface area contributed by atoms with Crippen molar-refractivity contribution in [3.8, 4) is 0 Å². The van der Waals surface area contributed by atoms with Gasteiger partial charge in [0.2, 0.25) is 0 Å². The number of hydrogen-bond donors (Lipinski definition) is 1. The largest absolute Gasteiger partial charge is 0.313 e. The Morgan fingerprint density at radius 3 is 1.73 bits per heavy atom. The van der Waals surface area contributed by atoms with Crippen LogP contribution in [0, 0.1) is 0 Å². The first-order chi connectivity index (χ1) is 10.4. The maximum atomic E-state index is 3.53. The zero-order valence-electron chi connectivity index (χ0n) is 13.9. The van der Waals surface area contributed by atoms with Gasteiger partial charge in [-0.05, 0) is 24.9 Å². The highest BCUT2D eigenvalue weighted by atomic mass is 79.9. The van der Waals surface area contributed by atoms with Crippen molar-refractivity contribution >= 4 is 28.3 Å². The van der Waals surface area contributed by atoms with Crippen LogP contribution in [-0.4, -0.2) is 11.9 Å². The van der Waals surface area contributed by atoms with E-state index in [2.05, 4.69) is 51.6 Å². The molecule has 0 aliphatic heterocycles. The second-order valence-corrected chi connectivity index (χ2v) is 6.68. The number of halogens is 2. The lowest BCUT2D eigenvalue weighted by atomic mass is 10.1. The molecule has 0 atom stereocenters. The quantitative estimate of drug-likeness (QED) is 0.282. The van der Waals surface area contributed by atoms with Crippen molar-refractivity contribution < 1.29 is 0 Å². The van der Waals surface area contributed by atoms with Crippen LogP contribution in [0.3, 0.4) is 0 Å². The van der Waals surface area contributed by atoms with Crippen LogP contribution in [0.5, 0.6) is 0 Å². The molecule has 0 bridgehead atoms. The van der Waals surface area contributed by atoms with Gasteiger partial charge in [0.1, 0.15) is 0 Å². The SMILES string of the molecule is BrCCCCCCCCCCCCNCc1ccccc1.Cl. The topological polar surface area (TPSA) is 12.0 Å². The molecule has 0 radical (unpaired) electrons. The molecule has 0 saturated heterocycles. The highest BCUT2D eigenvalue weighted by Crippen LogP contribution is 2.10. The number of hydrogen-bond acceptors (Lipinski definition) is 1. The van der Waals surface area contributed by atoms with E-state index < -0.39 is 0 Å². The molecule has 3 heteroatoms. The fourth-order valence-electron chi connectivity index (χ4n) is 2.59. The Balaban J connectivity index is 0.00000441. The van der Waals surface area contributed by atoms with Gasteiger partial charge in [0.15, 0.2) is 0 Å². The molecule has 1 aromatic carbocycles. The molecule has 22 heavy (non-hydrogen) atoms. The molecule has 0 fully saturated rings. The zero-order chi connectivity index (χ0) is 15.0. The highest BCUT2D eigenvalue weighted by Gasteiger charge is 1.94. The van der Waals surface area contributed by atoms with Crippen LogP contribution in [-0.2, 0) is 6.54 Å². The average Bonchev–Trinajstić information content (AvgIpc) is 2.53. The molecule has 0 aromatic heterocycles. The van der Waals surface area contributed by atoms with Crippen LogP contribution in [0.4, 0.5) is 0 Å². The Morgan fingerprint density at radius 1 is 0.682 bits per heavy atom.